The van der Waals surface area contributed by atoms with E-state index in [1.807, 2.05) is 0 Å². The van der Waals surface area contributed by atoms with Gasteiger partial charge in [0, 0.05) is 23.2 Å². The maximum Gasteiger partial charge on any atom is 0.194 e. The summed E-state index contributed by atoms with van der Waals surface area (Å²) in [5, 5.41) is 0.226. The molecule has 0 saturated carbocycles. The van der Waals surface area contributed by atoms with Crippen LogP contribution in [0.2, 0.25) is 0 Å². The molecular formula is C16H9F3N4O. The highest BCUT2D eigenvalue weighted by Crippen LogP contribution is 2.32. The third kappa shape index (κ3) is 2.11. The minimum absolute atomic E-state index is 0.0246. The number of anilines is 1. The van der Waals surface area contributed by atoms with Gasteiger partial charge in [0.1, 0.15) is 17.3 Å². The largest absolute Gasteiger partial charge is 0.463 e. The molecule has 5 nitrogen and oxygen atoms in total. The lowest BCUT2D eigenvalue weighted by atomic mass is 10.1. The lowest BCUT2D eigenvalue weighted by molar-refractivity contribution is 0.564. The summed E-state index contributed by atoms with van der Waals surface area (Å²) in [7, 11) is 0. The summed E-state index contributed by atoms with van der Waals surface area (Å²) in [6, 6.07) is 4.99. The van der Waals surface area contributed by atoms with Crippen LogP contribution in [0.4, 0.5) is 19.0 Å². The number of hydrogen-bond donors (Lipinski definition) is 2. The highest BCUT2D eigenvalue weighted by atomic mass is 19.1. The molecule has 0 saturated heterocycles. The van der Waals surface area contributed by atoms with Crippen molar-refractivity contribution < 1.29 is 17.6 Å². The van der Waals surface area contributed by atoms with Gasteiger partial charge in [-0.25, -0.2) is 23.1 Å². The van der Waals surface area contributed by atoms with Crippen LogP contribution in [0.25, 0.3) is 33.7 Å². The Kier molecular flexibility index (Phi) is 3.05. The second kappa shape index (κ2) is 5.12. The summed E-state index contributed by atoms with van der Waals surface area (Å²) in [6.07, 6.45) is 2.77. The average molecular weight is 330 g/mol. The Bertz CT molecular complexity index is 1060. The van der Waals surface area contributed by atoms with Gasteiger partial charge in [0.15, 0.2) is 23.2 Å². The summed E-state index contributed by atoms with van der Waals surface area (Å²) in [5.41, 5.74) is 5.87. The van der Waals surface area contributed by atoms with E-state index in [-0.39, 0.29) is 28.2 Å². The lowest BCUT2D eigenvalue weighted by Gasteiger charge is -2.06. The fourth-order valence-electron chi connectivity index (χ4n) is 2.50. The summed E-state index contributed by atoms with van der Waals surface area (Å²) in [5.74, 6) is -2.53. The van der Waals surface area contributed by atoms with E-state index >= 15 is 0 Å². The third-order valence-corrected chi connectivity index (χ3v) is 3.58. The zero-order chi connectivity index (χ0) is 16.8. The van der Waals surface area contributed by atoms with E-state index in [0.29, 0.717) is 5.56 Å². The molecule has 0 unspecified atom stereocenters. The van der Waals surface area contributed by atoms with E-state index < -0.39 is 23.3 Å². The maximum atomic E-state index is 14.2. The molecule has 1 aromatic carbocycles. The van der Waals surface area contributed by atoms with Crippen LogP contribution in [0.5, 0.6) is 0 Å². The van der Waals surface area contributed by atoms with E-state index in [9.17, 15) is 13.2 Å². The normalized spacial score (nSPS) is 11.3. The molecule has 4 aromatic rings. The Morgan fingerprint density at radius 1 is 1.12 bits per heavy atom. The van der Waals surface area contributed by atoms with Crippen molar-refractivity contribution >= 4 is 16.7 Å². The zero-order valence-electron chi connectivity index (χ0n) is 12.0. The molecule has 0 aliphatic carbocycles. The maximum absolute atomic E-state index is 14.2. The van der Waals surface area contributed by atoms with Crippen molar-refractivity contribution in [2.45, 2.75) is 0 Å². The number of nitrogens with zero attached hydrogens (tertiary/aromatic N) is 2. The van der Waals surface area contributed by atoms with Gasteiger partial charge in [-0.2, -0.15) is 0 Å². The smallest absolute Gasteiger partial charge is 0.194 e. The van der Waals surface area contributed by atoms with E-state index in [4.69, 9.17) is 10.2 Å². The molecular weight excluding hydrogens is 321 g/mol. The molecule has 0 fully saturated rings. The number of nitrogens with one attached hydrogen (secondary N) is 1. The molecule has 8 heteroatoms. The molecule has 24 heavy (non-hydrogen) atoms. The first-order chi connectivity index (χ1) is 11.5. The average Bonchev–Trinajstić information content (AvgIpc) is 3.19. The van der Waals surface area contributed by atoms with Crippen molar-refractivity contribution in [3.8, 4) is 22.8 Å². The molecule has 3 heterocycles. The van der Waals surface area contributed by atoms with Crippen LogP contribution in [0.15, 0.2) is 41.1 Å². The molecule has 0 aliphatic heterocycles. The van der Waals surface area contributed by atoms with Crippen LogP contribution in [0, 0.1) is 17.5 Å². The highest BCUT2D eigenvalue weighted by molar-refractivity contribution is 5.94. The Balaban J connectivity index is 1.98. The number of aromatic nitrogens is 3. The number of H-pyrrole nitrogens is 1. The van der Waals surface area contributed by atoms with Gasteiger partial charge < -0.3 is 15.1 Å². The molecule has 0 atom stereocenters. The van der Waals surface area contributed by atoms with Crippen LogP contribution in [0.3, 0.4) is 0 Å². The molecule has 3 aromatic heterocycles. The van der Waals surface area contributed by atoms with Crippen molar-refractivity contribution in [2.75, 3.05) is 5.73 Å². The Morgan fingerprint density at radius 2 is 1.96 bits per heavy atom. The fraction of sp³-hybridized carbons (Fsp3) is 0. The van der Waals surface area contributed by atoms with Gasteiger partial charge in [-0.3, -0.25) is 0 Å². The van der Waals surface area contributed by atoms with Crippen molar-refractivity contribution in [3.63, 3.8) is 0 Å². The molecule has 120 valence electrons. The number of furan rings is 1. The summed E-state index contributed by atoms with van der Waals surface area (Å²) in [6.45, 7) is 0. The van der Waals surface area contributed by atoms with Gasteiger partial charge in [0.25, 0.3) is 0 Å². The molecule has 0 spiro atoms. The van der Waals surface area contributed by atoms with Gasteiger partial charge in [0.05, 0.1) is 11.8 Å². The monoisotopic (exact) mass is 330 g/mol. The minimum atomic E-state index is -0.828. The van der Waals surface area contributed by atoms with Crippen molar-refractivity contribution in [1.29, 1.82) is 0 Å². The second-order valence-corrected chi connectivity index (χ2v) is 5.08. The van der Waals surface area contributed by atoms with Gasteiger partial charge in [-0.15, -0.1) is 0 Å². The summed E-state index contributed by atoms with van der Waals surface area (Å²) < 4.78 is 46.7. The summed E-state index contributed by atoms with van der Waals surface area (Å²) >= 11 is 0. The van der Waals surface area contributed by atoms with Gasteiger partial charge in [-0.05, 0) is 18.2 Å². The Morgan fingerprint density at radius 3 is 2.71 bits per heavy atom. The molecule has 0 amide bonds. The zero-order valence-corrected chi connectivity index (χ0v) is 12.0. The SMILES string of the molecule is Nc1nc(-c2c[nH]c3c(F)cc(F)cc23)nc(-c2ccco2)c1F. The molecule has 4 rings (SSSR count). The van der Waals surface area contributed by atoms with Crippen molar-refractivity contribution in [3.05, 3.63) is 54.2 Å². The number of halogens is 3. The van der Waals surface area contributed by atoms with Crippen molar-refractivity contribution in [2.24, 2.45) is 0 Å². The molecule has 0 bridgehead atoms. The van der Waals surface area contributed by atoms with Crippen LogP contribution < -0.4 is 5.73 Å². The van der Waals surface area contributed by atoms with Gasteiger partial charge in [-0.1, -0.05) is 0 Å². The highest BCUT2D eigenvalue weighted by Gasteiger charge is 2.20. The van der Waals surface area contributed by atoms with E-state index in [1.165, 1.54) is 18.5 Å². The summed E-state index contributed by atoms with van der Waals surface area (Å²) in [4.78, 5) is 10.7. The standard InChI is InChI=1S/C16H9F3N4O/c17-7-4-8-9(6-21-13(8)10(18)5-7)16-22-14(11-2-1-3-24-11)12(19)15(20)23-16/h1-6,21H,(H2,20,22,23). The van der Waals surface area contributed by atoms with Crippen LogP contribution in [-0.4, -0.2) is 15.0 Å². The third-order valence-electron chi connectivity index (χ3n) is 3.58. The van der Waals surface area contributed by atoms with Crippen LogP contribution in [-0.2, 0) is 0 Å². The van der Waals surface area contributed by atoms with Gasteiger partial charge in [0.2, 0.25) is 0 Å². The minimum Gasteiger partial charge on any atom is -0.463 e. The number of hydrogen-bond acceptors (Lipinski definition) is 4. The lowest BCUT2D eigenvalue weighted by Crippen LogP contribution is -2.02. The van der Waals surface area contributed by atoms with Gasteiger partial charge >= 0.3 is 0 Å². The number of fused-ring (bicyclic) bond motifs is 1. The second-order valence-electron chi connectivity index (χ2n) is 5.08. The topological polar surface area (TPSA) is 80.7 Å². The van der Waals surface area contributed by atoms with Crippen LogP contribution >= 0.6 is 0 Å². The van der Waals surface area contributed by atoms with E-state index in [1.54, 1.807) is 6.07 Å². The number of benzene rings is 1. The number of aromatic amines is 1. The molecule has 0 aliphatic rings. The fourth-order valence-corrected chi connectivity index (χ4v) is 2.50. The quantitative estimate of drug-likeness (QED) is 0.584. The number of rotatable bonds is 2. The molecule has 3 N–H and O–H groups in total. The van der Waals surface area contributed by atoms with Crippen LogP contribution in [0.1, 0.15) is 0 Å². The van der Waals surface area contributed by atoms with E-state index in [0.717, 1.165) is 12.1 Å². The predicted molar refractivity (Wildman–Crippen MR) is 81.3 cm³/mol. The first kappa shape index (κ1) is 14.3. The van der Waals surface area contributed by atoms with E-state index in [2.05, 4.69) is 15.0 Å². The first-order valence-electron chi connectivity index (χ1n) is 6.88. The molecule has 0 radical (unpaired) electrons. The number of nitrogen functional groups attached to an aromatic ring is 1. The predicted octanol–water partition coefficient (Wildman–Crippen LogP) is 3.88. The number of nitrogens with two attached hydrogens (primary N) is 1. The van der Waals surface area contributed by atoms with Crippen molar-refractivity contribution in [1.82, 2.24) is 15.0 Å². The Hall–Kier alpha value is -3.29. The first-order valence-corrected chi connectivity index (χ1v) is 6.88. The Labute approximate surface area is 133 Å².